The smallest absolute Gasteiger partial charge is 0.0259 e. The third kappa shape index (κ3) is 8.17. The summed E-state index contributed by atoms with van der Waals surface area (Å²) in [6.45, 7) is 8.11. The lowest BCUT2D eigenvalue weighted by Gasteiger charge is -2.16. The van der Waals surface area contributed by atoms with Gasteiger partial charge in [0.05, 0.1) is 0 Å². The number of terminal acetylenes is 2. The molecule has 0 amide bonds. The summed E-state index contributed by atoms with van der Waals surface area (Å²) in [6.07, 6.45) is 15.0. The van der Waals surface area contributed by atoms with E-state index >= 15 is 0 Å². The van der Waals surface area contributed by atoms with E-state index in [0.29, 0.717) is 5.92 Å². The van der Waals surface area contributed by atoms with Crippen LogP contribution < -0.4 is 0 Å². The van der Waals surface area contributed by atoms with E-state index in [4.69, 9.17) is 12.8 Å². The van der Waals surface area contributed by atoms with Crippen LogP contribution in [0.1, 0.15) is 33.1 Å². The lowest BCUT2D eigenvalue weighted by molar-refractivity contribution is 0.422. The van der Waals surface area contributed by atoms with Crippen molar-refractivity contribution in [3.8, 4) is 48.4 Å². The van der Waals surface area contributed by atoms with Gasteiger partial charge in [-0.25, -0.2) is 0 Å². The molecule has 0 heteroatoms. The molecule has 2 unspecified atom stereocenters. The summed E-state index contributed by atoms with van der Waals surface area (Å²) < 4.78 is 0. The third-order valence-electron chi connectivity index (χ3n) is 2.47. The summed E-state index contributed by atoms with van der Waals surface area (Å²) in [4.78, 5) is 0. The Kier molecular flexibility index (Phi) is 9.01. The predicted molar refractivity (Wildman–Crippen MR) is 79.1 cm³/mol. The van der Waals surface area contributed by atoms with Gasteiger partial charge in [-0.15, -0.1) is 19.4 Å². The molecule has 0 aliphatic rings. The lowest BCUT2D eigenvalue weighted by Crippen LogP contribution is -2.08. The molecular formula is C18H20. The van der Waals surface area contributed by atoms with E-state index in [-0.39, 0.29) is 11.8 Å². The van der Waals surface area contributed by atoms with Crippen molar-refractivity contribution in [3.63, 3.8) is 0 Å². The van der Waals surface area contributed by atoms with Crippen LogP contribution in [0.25, 0.3) is 0 Å². The van der Waals surface area contributed by atoms with Crippen LogP contribution in [0, 0.1) is 66.1 Å². The molecule has 0 bridgehead atoms. The van der Waals surface area contributed by atoms with Crippen LogP contribution in [-0.4, -0.2) is 0 Å². The highest BCUT2D eigenvalue weighted by atomic mass is 14.2. The van der Waals surface area contributed by atoms with Crippen molar-refractivity contribution in [2.45, 2.75) is 33.1 Å². The Hall–Kier alpha value is -2.02. The first-order chi connectivity index (χ1) is 8.63. The maximum Gasteiger partial charge on any atom is 0.0259 e. The van der Waals surface area contributed by atoms with Crippen molar-refractivity contribution in [1.29, 1.82) is 0 Å². The minimum Gasteiger partial charge on any atom is -0.106 e. The van der Waals surface area contributed by atoms with Crippen LogP contribution >= 0.6 is 0 Å². The maximum absolute atomic E-state index is 5.18. The number of hydrogen-bond donors (Lipinski definition) is 0. The largest absolute Gasteiger partial charge is 0.106 e. The molecule has 0 heterocycles. The standard InChI is InChI=1S/C18H20/c1-6-9-12-17(11-8-3)15-18(13-10-7-2)14-16(4)5/h1-2,8,16-18H,3,11,14-15H2,4-5H3. The van der Waals surface area contributed by atoms with Gasteiger partial charge >= 0.3 is 0 Å². The highest BCUT2D eigenvalue weighted by molar-refractivity contribution is 5.25. The summed E-state index contributed by atoms with van der Waals surface area (Å²) in [5.74, 6) is 17.4. The van der Waals surface area contributed by atoms with Gasteiger partial charge in [0.25, 0.3) is 0 Å². The van der Waals surface area contributed by atoms with Gasteiger partial charge in [-0.2, -0.15) is 0 Å². The van der Waals surface area contributed by atoms with Crippen molar-refractivity contribution in [3.05, 3.63) is 12.7 Å². The van der Waals surface area contributed by atoms with E-state index in [1.807, 2.05) is 6.08 Å². The molecule has 0 spiro atoms. The van der Waals surface area contributed by atoms with Crippen molar-refractivity contribution in [1.82, 2.24) is 0 Å². The molecule has 0 aliphatic heterocycles. The van der Waals surface area contributed by atoms with Crippen LogP contribution in [0.5, 0.6) is 0 Å². The second-order valence-corrected chi connectivity index (χ2v) is 4.61. The van der Waals surface area contributed by atoms with E-state index in [1.165, 1.54) is 0 Å². The van der Waals surface area contributed by atoms with Gasteiger partial charge in [-0.3, -0.25) is 0 Å². The Morgan fingerprint density at radius 2 is 1.56 bits per heavy atom. The Bertz CT molecular complexity index is 443. The summed E-state index contributed by atoms with van der Waals surface area (Å²) >= 11 is 0. The van der Waals surface area contributed by atoms with Crippen LogP contribution in [0.2, 0.25) is 0 Å². The van der Waals surface area contributed by atoms with E-state index in [9.17, 15) is 0 Å². The van der Waals surface area contributed by atoms with Gasteiger partial charge in [-0.05, 0) is 48.9 Å². The summed E-state index contributed by atoms with van der Waals surface area (Å²) in [6, 6.07) is 0. The Labute approximate surface area is 112 Å². The van der Waals surface area contributed by atoms with Gasteiger partial charge in [0.2, 0.25) is 0 Å². The molecule has 0 nitrogen and oxygen atoms in total. The molecule has 2 atom stereocenters. The number of hydrogen-bond acceptors (Lipinski definition) is 0. The second-order valence-electron chi connectivity index (χ2n) is 4.61. The third-order valence-corrected chi connectivity index (χ3v) is 2.47. The SMILES string of the molecule is C#CC#CC(CC=C)CC(C#CC#C)CC(C)C. The lowest BCUT2D eigenvalue weighted by atomic mass is 9.87. The number of rotatable bonds is 6. The zero-order valence-electron chi connectivity index (χ0n) is 11.3. The monoisotopic (exact) mass is 236 g/mol. The average molecular weight is 236 g/mol. The van der Waals surface area contributed by atoms with Crippen molar-refractivity contribution >= 4 is 0 Å². The molecule has 0 aromatic carbocycles. The fraction of sp³-hybridized carbons (Fsp3) is 0.444. The van der Waals surface area contributed by atoms with Gasteiger partial charge in [0.15, 0.2) is 0 Å². The molecule has 0 aliphatic carbocycles. The van der Waals surface area contributed by atoms with Crippen LogP contribution in [-0.2, 0) is 0 Å². The average Bonchev–Trinajstić information content (AvgIpc) is 2.32. The van der Waals surface area contributed by atoms with Crippen LogP contribution in [0.15, 0.2) is 12.7 Å². The summed E-state index contributed by atoms with van der Waals surface area (Å²) in [7, 11) is 0. The highest BCUT2D eigenvalue weighted by Gasteiger charge is 2.13. The van der Waals surface area contributed by atoms with Crippen molar-refractivity contribution in [2.75, 3.05) is 0 Å². The minimum absolute atomic E-state index is 0.217. The van der Waals surface area contributed by atoms with Crippen molar-refractivity contribution in [2.24, 2.45) is 17.8 Å². The highest BCUT2D eigenvalue weighted by Crippen LogP contribution is 2.21. The van der Waals surface area contributed by atoms with E-state index in [0.717, 1.165) is 19.3 Å². The zero-order valence-corrected chi connectivity index (χ0v) is 11.3. The fourth-order valence-corrected chi connectivity index (χ4v) is 1.83. The minimum atomic E-state index is 0.217. The molecule has 0 radical (unpaired) electrons. The van der Waals surface area contributed by atoms with Gasteiger partial charge in [-0.1, -0.05) is 31.8 Å². The molecule has 0 N–H and O–H groups in total. The van der Waals surface area contributed by atoms with Crippen molar-refractivity contribution < 1.29 is 0 Å². The molecular weight excluding hydrogens is 216 g/mol. The first kappa shape index (κ1) is 16.0. The van der Waals surface area contributed by atoms with Gasteiger partial charge in [0.1, 0.15) is 0 Å². The normalized spacial score (nSPS) is 11.8. The van der Waals surface area contributed by atoms with Crippen LogP contribution in [0.4, 0.5) is 0 Å². The fourth-order valence-electron chi connectivity index (χ4n) is 1.83. The van der Waals surface area contributed by atoms with Crippen LogP contribution in [0.3, 0.4) is 0 Å². The van der Waals surface area contributed by atoms with E-state index in [2.05, 4.69) is 55.9 Å². The molecule has 92 valence electrons. The second kappa shape index (κ2) is 10.2. The van der Waals surface area contributed by atoms with Gasteiger partial charge in [0, 0.05) is 11.8 Å². The van der Waals surface area contributed by atoms with E-state index < -0.39 is 0 Å². The first-order valence-electron chi connectivity index (χ1n) is 6.17. The quantitative estimate of drug-likeness (QED) is 0.489. The molecule has 0 aromatic rings. The molecule has 18 heavy (non-hydrogen) atoms. The molecule has 0 rings (SSSR count). The number of allylic oxidation sites excluding steroid dienone is 1. The topological polar surface area (TPSA) is 0 Å². The predicted octanol–water partition coefficient (Wildman–Crippen LogP) is 3.50. The molecule has 0 fully saturated rings. The zero-order chi connectivity index (χ0) is 13.8. The Balaban J connectivity index is 4.74. The van der Waals surface area contributed by atoms with E-state index in [1.54, 1.807) is 0 Å². The maximum atomic E-state index is 5.18. The first-order valence-corrected chi connectivity index (χ1v) is 6.17. The summed E-state index contributed by atoms with van der Waals surface area (Å²) in [5, 5.41) is 0. The summed E-state index contributed by atoms with van der Waals surface area (Å²) in [5.41, 5.74) is 0. The molecule has 0 aromatic heterocycles. The van der Waals surface area contributed by atoms with Gasteiger partial charge < -0.3 is 0 Å². The molecule has 0 saturated heterocycles. The Morgan fingerprint density at radius 3 is 2.00 bits per heavy atom. The Morgan fingerprint density at radius 1 is 1.00 bits per heavy atom. The molecule has 0 saturated carbocycles.